The molecule has 2 aromatic rings. The number of carbonyl (C=O) groups excluding carboxylic acids is 1. The predicted octanol–water partition coefficient (Wildman–Crippen LogP) is 1.92. The van der Waals surface area contributed by atoms with Gasteiger partial charge in [0.2, 0.25) is 5.91 Å². The number of nitrogens with zero attached hydrogens (tertiary/aromatic N) is 6. The summed E-state index contributed by atoms with van der Waals surface area (Å²) in [4.78, 5) is 16.7. The van der Waals surface area contributed by atoms with Gasteiger partial charge in [-0.25, -0.2) is 0 Å². The number of likely N-dealkylation sites (tertiary alicyclic amines) is 1. The molecule has 0 bridgehead atoms. The van der Waals surface area contributed by atoms with Gasteiger partial charge in [-0.1, -0.05) is 6.92 Å². The number of hydrogen-bond donors (Lipinski definition) is 0. The summed E-state index contributed by atoms with van der Waals surface area (Å²) >= 11 is 0. The van der Waals surface area contributed by atoms with Crippen LogP contribution in [-0.4, -0.2) is 56.8 Å². The minimum Gasteiger partial charge on any atom is -0.355 e. The van der Waals surface area contributed by atoms with E-state index in [9.17, 15) is 4.79 Å². The Morgan fingerprint density at radius 2 is 1.88 bits per heavy atom. The second-order valence-corrected chi connectivity index (χ2v) is 7.34. The molecular formula is C18H26N6O. The third-order valence-corrected chi connectivity index (χ3v) is 5.44. The summed E-state index contributed by atoms with van der Waals surface area (Å²) in [7, 11) is 0. The molecule has 2 fully saturated rings. The van der Waals surface area contributed by atoms with Crippen LogP contribution in [0.15, 0.2) is 12.1 Å². The van der Waals surface area contributed by atoms with E-state index in [1.165, 1.54) is 12.8 Å². The Balaban J connectivity index is 1.44. The van der Waals surface area contributed by atoms with Gasteiger partial charge in [0.05, 0.1) is 0 Å². The molecule has 2 aliphatic rings. The van der Waals surface area contributed by atoms with E-state index in [4.69, 9.17) is 5.10 Å². The summed E-state index contributed by atoms with van der Waals surface area (Å²) in [5, 5.41) is 13.2. The first-order chi connectivity index (χ1) is 12.2. The maximum Gasteiger partial charge on any atom is 0.223 e. The monoisotopic (exact) mass is 342 g/mol. The van der Waals surface area contributed by atoms with Crippen molar-refractivity contribution in [1.82, 2.24) is 24.7 Å². The van der Waals surface area contributed by atoms with Crippen LogP contribution in [0, 0.1) is 5.92 Å². The van der Waals surface area contributed by atoms with Gasteiger partial charge in [-0.15, -0.1) is 15.3 Å². The van der Waals surface area contributed by atoms with Crippen LogP contribution in [0.5, 0.6) is 0 Å². The van der Waals surface area contributed by atoms with Crippen LogP contribution >= 0.6 is 0 Å². The Bertz CT molecular complexity index is 743. The van der Waals surface area contributed by atoms with Crippen LogP contribution in [-0.2, 0) is 11.2 Å². The Hall–Kier alpha value is -2.18. The highest BCUT2D eigenvalue weighted by molar-refractivity contribution is 5.76. The van der Waals surface area contributed by atoms with Gasteiger partial charge in [0.25, 0.3) is 0 Å². The number of rotatable bonds is 4. The highest BCUT2D eigenvalue weighted by atomic mass is 16.2. The zero-order valence-electron chi connectivity index (χ0n) is 14.9. The van der Waals surface area contributed by atoms with Gasteiger partial charge in [0, 0.05) is 39.0 Å². The molecule has 0 N–H and O–H groups in total. The molecule has 0 aromatic carbocycles. The standard InChI is InChI=1S/C18H26N6O/c1-14-8-12-23(13-9-14)18(25)7-6-16-20-19-15-4-5-17(21-24(15)16)22-10-2-3-11-22/h4-5,14H,2-3,6-13H2,1H3. The van der Waals surface area contributed by atoms with Crippen LogP contribution in [0.25, 0.3) is 5.65 Å². The van der Waals surface area contributed by atoms with Gasteiger partial charge in [-0.05, 0) is 43.7 Å². The molecule has 0 spiro atoms. The molecule has 2 saturated heterocycles. The Morgan fingerprint density at radius 1 is 1.12 bits per heavy atom. The smallest absolute Gasteiger partial charge is 0.223 e. The fraction of sp³-hybridized carbons (Fsp3) is 0.667. The van der Waals surface area contributed by atoms with E-state index >= 15 is 0 Å². The first kappa shape index (κ1) is 16.3. The Labute approximate surface area is 148 Å². The third-order valence-electron chi connectivity index (χ3n) is 5.44. The lowest BCUT2D eigenvalue weighted by Gasteiger charge is -2.30. The SMILES string of the molecule is CC1CCN(C(=O)CCc2nnc3ccc(N4CCCC4)nn23)CC1. The molecule has 0 aliphatic carbocycles. The highest BCUT2D eigenvalue weighted by Gasteiger charge is 2.21. The summed E-state index contributed by atoms with van der Waals surface area (Å²) in [6, 6.07) is 3.98. The zero-order valence-corrected chi connectivity index (χ0v) is 14.9. The van der Waals surface area contributed by atoms with Gasteiger partial charge >= 0.3 is 0 Å². The van der Waals surface area contributed by atoms with Crippen LogP contribution in [0.1, 0.15) is 44.9 Å². The number of amides is 1. The van der Waals surface area contributed by atoms with Crippen molar-refractivity contribution in [2.75, 3.05) is 31.1 Å². The molecule has 0 radical (unpaired) electrons. The zero-order chi connectivity index (χ0) is 17.2. The number of fused-ring (bicyclic) bond motifs is 1. The van der Waals surface area contributed by atoms with Crippen molar-refractivity contribution in [1.29, 1.82) is 0 Å². The van der Waals surface area contributed by atoms with E-state index in [0.29, 0.717) is 12.8 Å². The predicted molar refractivity (Wildman–Crippen MR) is 95.5 cm³/mol. The number of piperidine rings is 1. The number of aryl methyl sites for hydroxylation is 1. The van der Waals surface area contributed by atoms with Crippen LogP contribution < -0.4 is 4.90 Å². The van der Waals surface area contributed by atoms with Crippen molar-refractivity contribution in [2.45, 2.75) is 45.4 Å². The minimum atomic E-state index is 0.222. The van der Waals surface area contributed by atoms with Crippen LogP contribution in [0.2, 0.25) is 0 Å². The van der Waals surface area contributed by atoms with Gasteiger partial charge in [-0.2, -0.15) is 4.52 Å². The number of hydrogen-bond acceptors (Lipinski definition) is 5. The summed E-state index contributed by atoms with van der Waals surface area (Å²) in [5.74, 6) is 2.70. The molecule has 0 saturated carbocycles. The van der Waals surface area contributed by atoms with Crippen LogP contribution in [0.4, 0.5) is 5.82 Å². The van der Waals surface area contributed by atoms with Crippen molar-refractivity contribution in [3.8, 4) is 0 Å². The second kappa shape index (κ2) is 6.98. The minimum absolute atomic E-state index is 0.222. The van der Waals surface area contributed by atoms with E-state index < -0.39 is 0 Å². The lowest BCUT2D eigenvalue weighted by Crippen LogP contribution is -2.38. The van der Waals surface area contributed by atoms with Crippen molar-refractivity contribution in [3.63, 3.8) is 0 Å². The summed E-state index contributed by atoms with van der Waals surface area (Å²) in [5.41, 5.74) is 0.747. The summed E-state index contributed by atoms with van der Waals surface area (Å²) < 4.78 is 1.80. The number of anilines is 1. The van der Waals surface area contributed by atoms with E-state index in [0.717, 1.165) is 62.2 Å². The first-order valence-corrected chi connectivity index (χ1v) is 9.45. The van der Waals surface area contributed by atoms with E-state index in [1.54, 1.807) is 4.52 Å². The fourth-order valence-electron chi connectivity index (χ4n) is 3.73. The van der Waals surface area contributed by atoms with Crippen molar-refractivity contribution in [3.05, 3.63) is 18.0 Å². The second-order valence-electron chi connectivity index (χ2n) is 7.34. The topological polar surface area (TPSA) is 66.6 Å². The molecule has 1 amide bonds. The van der Waals surface area contributed by atoms with Crippen molar-refractivity contribution in [2.24, 2.45) is 5.92 Å². The molecule has 134 valence electrons. The molecule has 25 heavy (non-hydrogen) atoms. The average Bonchev–Trinajstić information content (AvgIpc) is 3.30. The summed E-state index contributed by atoms with van der Waals surface area (Å²) in [6.45, 7) is 6.15. The first-order valence-electron chi connectivity index (χ1n) is 9.45. The van der Waals surface area contributed by atoms with Gasteiger partial charge in [0.1, 0.15) is 5.82 Å². The van der Waals surface area contributed by atoms with Crippen molar-refractivity contribution >= 4 is 17.4 Å². The fourth-order valence-corrected chi connectivity index (χ4v) is 3.73. The van der Waals surface area contributed by atoms with Crippen molar-refractivity contribution < 1.29 is 4.79 Å². The number of aromatic nitrogens is 4. The van der Waals surface area contributed by atoms with Gasteiger partial charge in [-0.3, -0.25) is 4.79 Å². The quantitative estimate of drug-likeness (QED) is 0.849. The van der Waals surface area contributed by atoms with Gasteiger partial charge < -0.3 is 9.80 Å². The van der Waals surface area contributed by atoms with E-state index in [1.807, 2.05) is 17.0 Å². The number of carbonyl (C=O) groups is 1. The highest BCUT2D eigenvalue weighted by Crippen LogP contribution is 2.19. The maximum absolute atomic E-state index is 12.5. The molecule has 0 atom stereocenters. The molecule has 0 unspecified atom stereocenters. The van der Waals surface area contributed by atoms with E-state index in [2.05, 4.69) is 22.0 Å². The summed E-state index contributed by atoms with van der Waals surface area (Å²) in [6.07, 6.45) is 5.73. The molecule has 2 aliphatic heterocycles. The lowest BCUT2D eigenvalue weighted by molar-refractivity contribution is -0.132. The molecule has 7 heteroatoms. The normalized spacial score (nSPS) is 19.1. The molecule has 7 nitrogen and oxygen atoms in total. The molecule has 4 rings (SSSR count). The average molecular weight is 342 g/mol. The molecular weight excluding hydrogens is 316 g/mol. The Kier molecular flexibility index (Phi) is 4.55. The molecule has 2 aromatic heterocycles. The van der Waals surface area contributed by atoms with Gasteiger partial charge in [0.15, 0.2) is 11.5 Å². The van der Waals surface area contributed by atoms with Crippen LogP contribution in [0.3, 0.4) is 0 Å². The van der Waals surface area contributed by atoms with E-state index in [-0.39, 0.29) is 5.91 Å². The third kappa shape index (κ3) is 3.45. The Morgan fingerprint density at radius 3 is 2.64 bits per heavy atom. The lowest BCUT2D eigenvalue weighted by atomic mass is 9.99. The molecule has 4 heterocycles. The largest absolute Gasteiger partial charge is 0.355 e. The maximum atomic E-state index is 12.5.